The first-order valence-corrected chi connectivity index (χ1v) is 10.4. The minimum Gasteiger partial charge on any atom is -0.341 e. The van der Waals surface area contributed by atoms with Gasteiger partial charge in [-0.3, -0.25) is 14.5 Å². The van der Waals surface area contributed by atoms with Crippen LogP contribution in [0.3, 0.4) is 0 Å². The van der Waals surface area contributed by atoms with Crippen molar-refractivity contribution in [1.82, 2.24) is 15.1 Å². The van der Waals surface area contributed by atoms with E-state index in [-0.39, 0.29) is 30.3 Å². The summed E-state index contributed by atoms with van der Waals surface area (Å²) in [5, 5.41) is 2.94. The first kappa shape index (κ1) is 17.8. The Bertz CT molecular complexity index is 607. The third kappa shape index (κ3) is 2.91. The van der Waals surface area contributed by atoms with Gasteiger partial charge in [-0.1, -0.05) is 39.0 Å². The summed E-state index contributed by atoms with van der Waals surface area (Å²) in [5.74, 6) is 1.24. The summed E-state index contributed by atoms with van der Waals surface area (Å²) in [5.41, 5.74) is -0.772. The van der Waals surface area contributed by atoms with Gasteiger partial charge in [0.1, 0.15) is 12.1 Å². The van der Waals surface area contributed by atoms with Crippen LogP contribution >= 0.6 is 0 Å². The van der Waals surface area contributed by atoms with Crippen LogP contribution in [0.1, 0.15) is 64.7 Å². The highest BCUT2D eigenvalue weighted by Gasteiger charge is 2.55. The fourth-order valence-electron chi connectivity index (χ4n) is 5.70. The molecule has 4 aliphatic rings. The number of likely N-dealkylation sites (tertiary alicyclic amines) is 1. The second kappa shape index (κ2) is 6.86. The Labute approximate surface area is 155 Å². The van der Waals surface area contributed by atoms with E-state index in [1.165, 1.54) is 30.6 Å². The van der Waals surface area contributed by atoms with E-state index >= 15 is 0 Å². The summed E-state index contributed by atoms with van der Waals surface area (Å²) in [7, 11) is 0. The van der Waals surface area contributed by atoms with E-state index in [4.69, 9.17) is 0 Å². The maximum absolute atomic E-state index is 13.0. The van der Waals surface area contributed by atoms with Crippen LogP contribution in [-0.4, -0.2) is 52.8 Å². The van der Waals surface area contributed by atoms with Crippen molar-refractivity contribution in [3.8, 4) is 0 Å². The van der Waals surface area contributed by atoms with Gasteiger partial charge in [-0.25, -0.2) is 4.79 Å². The Hall–Kier alpha value is -1.59. The van der Waals surface area contributed by atoms with Crippen molar-refractivity contribution >= 4 is 17.8 Å². The fourth-order valence-corrected chi connectivity index (χ4v) is 5.70. The van der Waals surface area contributed by atoms with Crippen molar-refractivity contribution in [1.29, 1.82) is 0 Å². The Morgan fingerprint density at radius 1 is 1.08 bits per heavy atom. The molecule has 2 aliphatic carbocycles. The van der Waals surface area contributed by atoms with Crippen molar-refractivity contribution in [3.05, 3.63) is 0 Å². The van der Waals surface area contributed by atoms with Crippen LogP contribution in [0.25, 0.3) is 0 Å². The number of fused-ring (bicyclic) bond motifs is 1. The number of hydrogen-bond donors (Lipinski definition) is 1. The average molecular weight is 361 g/mol. The highest BCUT2D eigenvalue weighted by Crippen LogP contribution is 2.39. The molecular weight excluding hydrogens is 330 g/mol. The van der Waals surface area contributed by atoms with Gasteiger partial charge in [-0.2, -0.15) is 0 Å². The third-order valence-electron chi connectivity index (χ3n) is 7.44. The molecule has 6 heteroatoms. The van der Waals surface area contributed by atoms with E-state index in [9.17, 15) is 14.4 Å². The SMILES string of the molecule is C[C@@H]1CCCC[C@@]12NC(=O)N(CC(=O)N1CC[C@@H]3CCCC[C@@H]3C1)C2=O. The summed E-state index contributed by atoms with van der Waals surface area (Å²) in [6.45, 7) is 3.51. The molecule has 0 aromatic rings. The lowest BCUT2D eigenvalue weighted by molar-refractivity contribution is -0.142. The predicted octanol–water partition coefficient (Wildman–Crippen LogP) is 2.53. The van der Waals surface area contributed by atoms with Crippen molar-refractivity contribution in [2.24, 2.45) is 17.8 Å². The number of hydrogen-bond acceptors (Lipinski definition) is 3. The number of urea groups is 1. The zero-order chi connectivity index (χ0) is 18.3. The van der Waals surface area contributed by atoms with Gasteiger partial charge in [0, 0.05) is 13.1 Å². The largest absolute Gasteiger partial charge is 0.341 e. The van der Waals surface area contributed by atoms with E-state index in [1.54, 1.807) is 0 Å². The lowest BCUT2D eigenvalue weighted by atomic mass is 9.73. The van der Waals surface area contributed by atoms with Gasteiger partial charge < -0.3 is 10.2 Å². The number of amides is 4. The Morgan fingerprint density at radius 2 is 1.81 bits per heavy atom. The van der Waals surface area contributed by atoms with Gasteiger partial charge in [-0.05, 0) is 43.4 Å². The van der Waals surface area contributed by atoms with E-state index in [1.807, 2.05) is 11.8 Å². The molecular formula is C20H31N3O3. The molecule has 0 aromatic heterocycles. The van der Waals surface area contributed by atoms with Crippen molar-refractivity contribution < 1.29 is 14.4 Å². The van der Waals surface area contributed by atoms with Crippen LogP contribution in [-0.2, 0) is 9.59 Å². The number of rotatable bonds is 2. The minimum absolute atomic E-state index is 0.0713. The number of piperidine rings is 1. The summed E-state index contributed by atoms with van der Waals surface area (Å²) in [6, 6.07) is -0.385. The summed E-state index contributed by atoms with van der Waals surface area (Å²) >= 11 is 0. The van der Waals surface area contributed by atoms with Crippen LogP contribution in [0.4, 0.5) is 4.79 Å². The molecule has 2 saturated carbocycles. The van der Waals surface area contributed by atoms with Crippen LogP contribution in [0.2, 0.25) is 0 Å². The van der Waals surface area contributed by atoms with Gasteiger partial charge in [-0.15, -0.1) is 0 Å². The molecule has 2 saturated heterocycles. The predicted molar refractivity (Wildman–Crippen MR) is 97.3 cm³/mol. The van der Waals surface area contributed by atoms with Gasteiger partial charge in [0.2, 0.25) is 5.91 Å². The van der Waals surface area contributed by atoms with Crippen LogP contribution < -0.4 is 5.32 Å². The minimum atomic E-state index is -0.772. The molecule has 6 nitrogen and oxygen atoms in total. The normalized spacial score (nSPS) is 37.7. The van der Waals surface area contributed by atoms with E-state index < -0.39 is 5.54 Å². The summed E-state index contributed by atoms with van der Waals surface area (Å²) in [6.07, 6.45) is 9.83. The van der Waals surface area contributed by atoms with Gasteiger partial charge in [0.05, 0.1) is 0 Å². The maximum Gasteiger partial charge on any atom is 0.325 e. The monoisotopic (exact) mass is 361 g/mol. The highest BCUT2D eigenvalue weighted by atomic mass is 16.2. The Morgan fingerprint density at radius 3 is 2.58 bits per heavy atom. The lowest BCUT2D eigenvalue weighted by Gasteiger charge is -2.41. The molecule has 4 amide bonds. The molecule has 144 valence electrons. The van der Waals surface area contributed by atoms with Crippen molar-refractivity contribution in [2.75, 3.05) is 19.6 Å². The first-order chi connectivity index (χ1) is 12.5. The molecule has 4 rings (SSSR count). The number of carbonyl (C=O) groups excluding carboxylic acids is 3. The molecule has 1 N–H and O–H groups in total. The van der Waals surface area contributed by atoms with Gasteiger partial charge in [0.25, 0.3) is 5.91 Å². The molecule has 0 unspecified atom stereocenters. The zero-order valence-corrected chi connectivity index (χ0v) is 15.8. The van der Waals surface area contributed by atoms with Gasteiger partial charge in [0.15, 0.2) is 0 Å². The quantitative estimate of drug-likeness (QED) is 0.769. The number of carbonyl (C=O) groups is 3. The number of nitrogens with zero attached hydrogens (tertiary/aromatic N) is 2. The smallest absolute Gasteiger partial charge is 0.325 e. The lowest BCUT2D eigenvalue weighted by Crippen LogP contribution is -2.54. The second-order valence-electron chi connectivity index (χ2n) is 8.87. The van der Waals surface area contributed by atoms with Crippen LogP contribution in [0.15, 0.2) is 0 Å². The molecule has 1 spiro atoms. The highest BCUT2D eigenvalue weighted by molar-refractivity contribution is 6.09. The topological polar surface area (TPSA) is 69.7 Å². The molecule has 4 fully saturated rings. The van der Waals surface area contributed by atoms with E-state index in [2.05, 4.69) is 5.32 Å². The van der Waals surface area contributed by atoms with Gasteiger partial charge >= 0.3 is 6.03 Å². The fraction of sp³-hybridized carbons (Fsp3) is 0.850. The molecule has 0 aromatic carbocycles. The Balaban J connectivity index is 1.41. The molecule has 26 heavy (non-hydrogen) atoms. The summed E-state index contributed by atoms with van der Waals surface area (Å²) < 4.78 is 0. The van der Waals surface area contributed by atoms with E-state index in [0.29, 0.717) is 12.3 Å². The van der Waals surface area contributed by atoms with E-state index in [0.717, 1.165) is 44.7 Å². The third-order valence-corrected chi connectivity index (χ3v) is 7.44. The number of imide groups is 1. The van der Waals surface area contributed by atoms with Crippen LogP contribution in [0, 0.1) is 17.8 Å². The zero-order valence-electron chi connectivity index (χ0n) is 15.8. The maximum atomic E-state index is 13.0. The number of nitrogens with one attached hydrogen (secondary N) is 1. The first-order valence-electron chi connectivity index (χ1n) is 10.4. The molecule has 2 heterocycles. The average Bonchev–Trinajstić information content (AvgIpc) is 2.89. The van der Waals surface area contributed by atoms with Crippen molar-refractivity contribution in [3.63, 3.8) is 0 Å². The molecule has 2 aliphatic heterocycles. The van der Waals surface area contributed by atoms with Crippen molar-refractivity contribution in [2.45, 2.75) is 70.3 Å². The van der Waals surface area contributed by atoms with Crippen LogP contribution in [0.5, 0.6) is 0 Å². The second-order valence-corrected chi connectivity index (χ2v) is 8.87. The standard InChI is InChI=1S/C20H31N3O3/c1-14-6-4-5-10-20(14)18(25)23(19(26)21-20)13-17(24)22-11-9-15-7-2-3-8-16(15)12-22/h14-16H,2-13H2,1H3,(H,21,26)/t14-,15+,16-,20-/m1/s1. The molecule has 0 radical (unpaired) electrons. The Kier molecular flexibility index (Phi) is 4.70. The molecule has 0 bridgehead atoms. The summed E-state index contributed by atoms with van der Waals surface area (Å²) in [4.78, 5) is 41.4. The molecule has 4 atom stereocenters.